The number of phenolic OH excluding ortho intramolecular Hbond substituents is 1. The third-order valence-corrected chi connectivity index (χ3v) is 3.38. The van der Waals surface area contributed by atoms with Crippen LogP contribution < -0.4 is 0 Å². The van der Waals surface area contributed by atoms with Gasteiger partial charge in [-0.2, -0.15) is 13.2 Å². The molecule has 0 aliphatic carbocycles. The summed E-state index contributed by atoms with van der Waals surface area (Å²) in [6.45, 7) is 1.25. The van der Waals surface area contributed by atoms with Crippen LogP contribution in [0.15, 0.2) is 17.1 Å². The molecule has 0 aromatic heterocycles. The lowest BCUT2D eigenvalue weighted by Crippen LogP contribution is -2.15. The fourth-order valence-corrected chi connectivity index (χ4v) is 2.11. The van der Waals surface area contributed by atoms with E-state index >= 15 is 0 Å². The first-order valence-electron chi connectivity index (χ1n) is 6.81. The maximum Gasteiger partial charge on any atom is 0.422 e. The van der Waals surface area contributed by atoms with Crippen LogP contribution in [0.4, 0.5) is 42.1 Å². The molecule has 0 unspecified atom stereocenters. The molecule has 144 valence electrons. The summed E-state index contributed by atoms with van der Waals surface area (Å²) in [5.74, 6) is -10.8. The molecule has 5 nitrogen and oxygen atoms in total. The summed E-state index contributed by atoms with van der Waals surface area (Å²) in [5, 5.41) is 20.6. The van der Waals surface area contributed by atoms with E-state index in [1.54, 1.807) is 0 Å². The molecule has 0 amide bonds. The Kier molecular flexibility index (Phi) is 5.11. The second kappa shape index (κ2) is 6.85. The Hall–Kier alpha value is -3.18. The molecule has 0 atom stereocenters. The van der Waals surface area contributed by atoms with Crippen LogP contribution >= 0.6 is 0 Å². The van der Waals surface area contributed by atoms with E-state index < -0.39 is 62.6 Å². The molecular formula is C15H7F7N2O3. The number of hydrogen-bond acceptors (Lipinski definition) is 4. The number of aryl methyl sites for hydroxylation is 1. The Morgan fingerprint density at radius 3 is 2.04 bits per heavy atom. The van der Waals surface area contributed by atoms with E-state index in [1.807, 2.05) is 0 Å². The molecule has 2 aromatic carbocycles. The fraction of sp³-hybridized carbons (Fsp3) is 0.133. The van der Waals surface area contributed by atoms with Gasteiger partial charge in [0.1, 0.15) is 17.0 Å². The lowest BCUT2D eigenvalue weighted by Gasteiger charge is -2.12. The number of hydrogen-bond donors (Lipinski definition) is 1. The van der Waals surface area contributed by atoms with Crippen molar-refractivity contribution in [2.45, 2.75) is 13.1 Å². The number of halogens is 7. The number of non-ortho nitro benzene ring substituents is 1. The number of aromatic hydroxyl groups is 1. The Morgan fingerprint density at radius 1 is 1.07 bits per heavy atom. The second-order valence-electron chi connectivity index (χ2n) is 5.19. The van der Waals surface area contributed by atoms with Gasteiger partial charge in [0.15, 0.2) is 23.3 Å². The van der Waals surface area contributed by atoms with E-state index in [0.717, 1.165) is 12.1 Å². The van der Waals surface area contributed by atoms with Crippen molar-refractivity contribution < 1.29 is 40.8 Å². The molecule has 2 rings (SSSR count). The summed E-state index contributed by atoms with van der Waals surface area (Å²) >= 11 is 0. The molecule has 0 fully saturated rings. The normalized spacial score (nSPS) is 12.0. The number of benzene rings is 2. The standard InChI is InChI=1S/C15H7F7N2O3/c1-5-2-7(24(26)27)3-6(14(5)25)4-23-13-11(18)9(16)8(15(20,21)22)10(17)12(13)19/h2-4,25H,1H3. The van der Waals surface area contributed by atoms with Gasteiger partial charge in [-0.05, 0) is 12.5 Å². The van der Waals surface area contributed by atoms with Crippen molar-refractivity contribution in [3.63, 3.8) is 0 Å². The molecule has 0 radical (unpaired) electrons. The van der Waals surface area contributed by atoms with Crippen LogP contribution in [-0.4, -0.2) is 16.2 Å². The molecule has 0 saturated carbocycles. The lowest BCUT2D eigenvalue weighted by atomic mass is 10.1. The molecule has 0 saturated heterocycles. The number of nitro benzene ring substituents is 1. The SMILES string of the molecule is Cc1cc([N+](=O)[O-])cc(C=Nc2c(F)c(F)c(C(F)(F)F)c(F)c2F)c1O. The van der Waals surface area contributed by atoms with Gasteiger partial charge in [-0.1, -0.05) is 0 Å². The van der Waals surface area contributed by atoms with Crippen LogP contribution in [-0.2, 0) is 6.18 Å². The quantitative estimate of drug-likeness (QED) is 0.263. The molecule has 0 bridgehead atoms. The number of rotatable bonds is 3. The fourth-order valence-electron chi connectivity index (χ4n) is 2.11. The first-order chi connectivity index (χ1) is 12.4. The van der Waals surface area contributed by atoms with E-state index in [2.05, 4.69) is 4.99 Å². The average Bonchev–Trinajstić information content (AvgIpc) is 2.55. The highest BCUT2D eigenvalue weighted by molar-refractivity contribution is 5.87. The highest BCUT2D eigenvalue weighted by Gasteiger charge is 2.42. The van der Waals surface area contributed by atoms with Crippen LogP contribution in [0.25, 0.3) is 0 Å². The molecule has 27 heavy (non-hydrogen) atoms. The van der Waals surface area contributed by atoms with Gasteiger partial charge in [0.2, 0.25) is 0 Å². The third-order valence-electron chi connectivity index (χ3n) is 3.38. The van der Waals surface area contributed by atoms with Gasteiger partial charge in [-0.15, -0.1) is 0 Å². The Labute approximate surface area is 145 Å². The number of aliphatic imine (C=N–C) groups is 1. The lowest BCUT2D eigenvalue weighted by molar-refractivity contribution is -0.384. The minimum Gasteiger partial charge on any atom is -0.507 e. The highest BCUT2D eigenvalue weighted by Crippen LogP contribution is 2.39. The zero-order chi connectivity index (χ0) is 20.7. The topological polar surface area (TPSA) is 75.7 Å². The summed E-state index contributed by atoms with van der Waals surface area (Å²) in [6, 6.07) is 1.70. The zero-order valence-electron chi connectivity index (χ0n) is 13.0. The van der Waals surface area contributed by atoms with E-state index in [0.29, 0.717) is 6.21 Å². The average molecular weight is 396 g/mol. The molecule has 0 heterocycles. The summed E-state index contributed by atoms with van der Waals surface area (Å²) in [4.78, 5) is 12.9. The van der Waals surface area contributed by atoms with Gasteiger partial charge < -0.3 is 5.11 Å². The van der Waals surface area contributed by atoms with Crippen LogP contribution in [0.5, 0.6) is 5.75 Å². The van der Waals surface area contributed by atoms with E-state index in [1.165, 1.54) is 6.92 Å². The minimum atomic E-state index is -5.70. The van der Waals surface area contributed by atoms with E-state index in [4.69, 9.17) is 0 Å². The van der Waals surface area contributed by atoms with Crippen molar-refractivity contribution in [1.29, 1.82) is 0 Å². The second-order valence-corrected chi connectivity index (χ2v) is 5.19. The van der Waals surface area contributed by atoms with Gasteiger partial charge in [0.05, 0.1) is 4.92 Å². The number of nitro groups is 1. The minimum absolute atomic E-state index is 0.0311. The van der Waals surface area contributed by atoms with Gasteiger partial charge in [-0.3, -0.25) is 10.1 Å². The van der Waals surface area contributed by atoms with Gasteiger partial charge in [0.25, 0.3) is 5.69 Å². The van der Waals surface area contributed by atoms with Crippen molar-refractivity contribution in [3.05, 3.63) is 62.2 Å². The molecule has 0 aliphatic rings. The van der Waals surface area contributed by atoms with Crippen molar-refractivity contribution in [1.82, 2.24) is 0 Å². The van der Waals surface area contributed by atoms with Crippen LogP contribution in [0, 0.1) is 40.3 Å². The summed E-state index contributed by atoms with van der Waals surface area (Å²) in [7, 11) is 0. The third kappa shape index (κ3) is 3.68. The predicted octanol–water partition coefficient (Wildman–Crippen LogP) is 4.93. The Bertz CT molecular complexity index is 942. The van der Waals surface area contributed by atoms with Crippen LogP contribution in [0.1, 0.15) is 16.7 Å². The summed E-state index contributed by atoms with van der Waals surface area (Å²) < 4.78 is 92.1. The van der Waals surface area contributed by atoms with Crippen LogP contribution in [0.3, 0.4) is 0 Å². The monoisotopic (exact) mass is 396 g/mol. The summed E-state index contributed by atoms with van der Waals surface area (Å²) in [6.07, 6.45) is -5.28. The number of phenols is 1. The van der Waals surface area contributed by atoms with Crippen molar-refractivity contribution >= 4 is 17.6 Å². The molecule has 1 N–H and O–H groups in total. The van der Waals surface area contributed by atoms with Gasteiger partial charge >= 0.3 is 6.18 Å². The Morgan fingerprint density at radius 2 is 1.59 bits per heavy atom. The van der Waals surface area contributed by atoms with E-state index in [9.17, 15) is 46.0 Å². The zero-order valence-corrected chi connectivity index (χ0v) is 13.0. The maximum absolute atomic E-state index is 13.8. The smallest absolute Gasteiger partial charge is 0.422 e. The first-order valence-corrected chi connectivity index (χ1v) is 6.81. The molecule has 0 aliphatic heterocycles. The van der Waals surface area contributed by atoms with Crippen LogP contribution in [0.2, 0.25) is 0 Å². The molecular weight excluding hydrogens is 389 g/mol. The van der Waals surface area contributed by atoms with E-state index in [-0.39, 0.29) is 5.56 Å². The van der Waals surface area contributed by atoms with Crippen molar-refractivity contribution in [2.75, 3.05) is 0 Å². The molecule has 0 spiro atoms. The van der Waals surface area contributed by atoms with Gasteiger partial charge in [-0.25, -0.2) is 22.6 Å². The van der Waals surface area contributed by atoms with Gasteiger partial charge in [0, 0.05) is 23.9 Å². The largest absolute Gasteiger partial charge is 0.507 e. The number of nitrogens with zero attached hydrogens (tertiary/aromatic N) is 2. The highest BCUT2D eigenvalue weighted by atomic mass is 19.4. The molecule has 2 aromatic rings. The number of alkyl halides is 3. The maximum atomic E-state index is 13.8. The predicted molar refractivity (Wildman–Crippen MR) is 78.0 cm³/mol. The van der Waals surface area contributed by atoms with Crippen molar-refractivity contribution in [2.24, 2.45) is 4.99 Å². The Balaban J connectivity index is 2.64. The summed E-state index contributed by atoms with van der Waals surface area (Å²) in [5.41, 5.74) is -5.53. The molecule has 12 heteroatoms. The first kappa shape index (κ1) is 20.1. The van der Waals surface area contributed by atoms with Crippen molar-refractivity contribution in [3.8, 4) is 5.75 Å².